The van der Waals surface area contributed by atoms with Gasteiger partial charge in [0.1, 0.15) is 17.7 Å². The summed E-state index contributed by atoms with van der Waals surface area (Å²) in [5.41, 5.74) is 2.81. The highest BCUT2D eigenvalue weighted by Crippen LogP contribution is 2.37. The molecule has 0 amide bonds. The van der Waals surface area contributed by atoms with E-state index >= 15 is 0 Å². The summed E-state index contributed by atoms with van der Waals surface area (Å²) in [4.78, 5) is 16.7. The number of likely N-dealkylation sites (N-methyl/N-ethyl adjacent to an activating group) is 1. The van der Waals surface area contributed by atoms with Crippen LogP contribution in [0.1, 0.15) is 57.7 Å². The van der Waals surface area contributed by atoms with Gasteiger partial charge in [-0.05, 0) is 68.6 Å². The van der Waals surface area contributed by atoms with Crippen LogP contribution < -0.4 is 14.5 Å². The van der Waals surface area contributed by atoms with Crippen LogP contribution in [0, 0.1) is 5.41 Å². The number of rotatable bonds is 8. The number of halogens is 1. The van der Waals surface area contributed by atoms with Gasteiger partial charge in [0, 0.05) is 42.3 Å². The van der Waals surface area contributed by atoms with Gasteiger partial charge in [-0.2, -0.15) is 18.4 Å². The minimum Gasteiger partial charge on any atom is -0.462 e. The minimum atomic E-state index is -3.73. The summed E-state index contributed by atoms with van der Waals surface area (Å²) >= 11 is 6.70. The highest BCUT2D eigenvalue weighted by atomic mass is 35.5. The summed E-state index contributed by atoms with van der Waals surface area (Å²) in [6.45, 7) is 10.1. The lowest BCUT2D eigenvalue weighted by Gasteiger charge is -2.37. The molecule has 2 atom stereocenters. The Labute approximate surface area is 266 Å². The van der Waals surface area contributed by atoms with Crippen molar-refractivity contribution in [3.8, 4) is 6.01 Å². The molecule has 0 spiro atoms. The summed E-state index contributed by atoms with van der Waals surface area (Å²) in [7, 11) is -1.60. The zero-order valence-electron chi connectivity index (χ0n) is 26.3. The fraction of sp³-hybridized carbons (Fsp3) is 0.576. The lowest BCUT2D eigenvalue weighted by atomic mass is 9.99. The molecule has 0 bridgehead atoms. The molecule has 238 valence electrons. The Kier molecular flexibility index (Phi) is 8.98. The molecule has 44 heavy (non-hydrogen) atoms. The molecule has 9 nitrogen and oxygen atoms in total. The maximum absolute atomic E-state index is 13.3. The Morgan fingerprint density at radius 1 is 1.00 bits per heavy atom. The molecule has 0 aliphatic carbocycles. The molecular weight excluding hydrogens is 598 g/mol. The van der Waals surface area contributed by atoms with Crippen LogP contribution in [-0.4, -0.2) is 81.0 Å². The fourth-order valence-electron chi connectivity index (χ4n) is 6.54. The van der Waals surface area contributed by atoms with E-state index in [1.54, 1.807) is 0 Å². The van der Waals surface area contributed by atoms with Gasteiger partial charge in [-0.1, -0.05) is 56.6 Å². The first-order chi connectivity index (χ1) is 21.0. The summed E-state index contributed by atoms with van der Waals surface area (Å²) in [6.07, 6.45) is 4.29. The Morgan fingerprint density at radius 3 is 2.52 bits per heavy atom. The van der Waals surface area contributed by atoms with Gasteiger partial charge in [-0.15, -0.1) is 0 Å². The lowest BCUT2D eigenvalue weighted by molar-refractivity contribution is 0.187. The summed E-state index contributed by atoms with van der Waals surface area (Å²) in [5.74, 6) is 0.788. The van der Waals surface area contributed by atoms with Gasteiger partial charge >= 0.3 is 6.01 Å². The molecule has 1 unspecified atom stereocenters. The van der Waals surface area contributed by atoms with E-state index in [1.807, 2.05) is 32.9 Å². The molecule has 11 heteroatoms. The average molecular weight is 642 g/mol. The van der Waals surface area contributed by atoms with Gasteiger partial charge in [0.2, 0.25) is 0 Å². The van der Waals surface area contributed by atoms with E-state index in [9.17, 15) is 8.42 Å². The summed E-state index contributed by atoms with van der Waals surface area (Å²) in [6, 6.07) is 12.9. The van der Waals surface area contributed by atoms with E-state index in [-0.39, 0.29) is 12.0 Å². The van der Waals surface area contributed by atoms with Crippen molar-refractivity contribution in [2.45, 2.75) is 70.7 Å². The Hall–Kier alpha value is -2.66. The van der Waals surface area contributed by atoms with Crippen molar-refractivity contribution in [1.82, 2.24) is 14.9 Å². The highest BCUT2D eigenvalue weighted by Gasteiger charge is 2.36. The molecule has 2 saturated heterocycles. The number of nitrogens with zero attached hydrogens (tertiary/aromatic N) is 5. The van der Waals surface area contributed by atoms with Crippen LogP contribution in [0.3, 0.4) is 0 Å². The molecule has 6 rings (SSSR count). The second-order valence-corrected chi connectivity index (χ2v) is 16.0. The predicted molar refractivity (Wildman–Crippen MR) is 176 cm³/mol. The highest BCUT2D eigenvalue weighted by molar-refractivity contribution is 7.87. The van der Waals surface area contributed by atoms with E-state index in [0.29, 0.717) is 38.2 Å². The third-order valence-electron chi connectivity index (χ3n) is 9.01. The van der Waals surface area contributed by atoms with E-state index in [4.69, 9.17) is 30.5 Å². The van der Waals surface area contributed by atoms with Gasteiger partial charge in [-0.25, -0.2) is 0 Å². The van der Waals surface area contributed by atoms with Crippen molar-refractivity contribution in [3.05, 3.63) is 52.7 Å². The molecule has 2 fully saturated rings. The molecule has 3 aromatic rings. The number of fused-ring (bicyclic) bond motifs is 2. The van der Waals surface area contributed by atoms with Gasteiger partial charge < -0.3 is 19.4 Å². The van der Waals surface area contributed by atoms with Crippen molar-refractivity contribution >= 4 is 44.0 Å². The van der Waals surface area contributed by atoms with Crippen LogP contribution in [0.15, 0.2) is 36.4 Å². The number of hydrogen-bond donors (Lipinski definition) is 0. The third kappa shape index (κ3) is 6.78. The van der Waals surface area contributed by atoms with Crippen LogP contribution in [0.2, 0.25) is 5.02 Å². The monoisotopic (exact) mass is 641 g/mol. The van der Waals surface area contributed by atoms with Gasteiger partial charge in [0.25, 0.3) is 10.1 Å². The van der Waals surface area contributed by atoms with E-state index < -0.39 is 15.4 Å². The first kappa shape index (κ1) is 31.3. The number of aromatic nitrogens is 2. The zero-order valence-corrected chi connectivity index (χ0v) is 27.8. The molecule has 3 aliphatic rings. The van der Waals surface area contributed by atoms with Crippen LogP contribution in [0.25, 0.3) is 10.8 Å². The number of benzene rings is 2. The summed E-state index contributed by atoms with van der Waals surface area (Å²) in [5, 5.41) is 2.25. The first-order valence-electron chi connectivity index (χ1n) is 15.8. The Morgan fingerprint density at radius 2 is 1.77 bits per heavy atom. The number of hydrogen-bond acceptors (Lipinski definition) is 9. The molecular formula is C33H44ClN5O4S. The number of piperidine rings is 1. The maximum Gasteiger partial charge on any atom is 0.318 e. The van der Waals surface area contributed by atoms with Gasteiger partial charge in [-0.3, -0.25) is 4.18 Å². The Balaban J connectivity index is 1.31. The quantitative estimate of drug-likeness (QED) is 0.288. The van der Waals surface area contributed by atoms with Crippen LogP contribution in [0.4, 0.5) is 11.5 Å². The number of ether oxygens (including phenoxy) is 1. The lowest BCUT2D eigenvalue weighted by Crippen LogP contribution is -2.45. The van der Waals surface area contributed by atoms with Gasteiger partial charge in [0.15, 0.2) is 0 Å². The van der Waals surface area contributed by atoms with Crippen molar-refractivity contribution in [3.63, 3.8) is 0 Å². The maximum atomic E-state index is 13.3. The number of anilines is 2. The van der Waals surface area contributed by atoms with E-state index in [2.05, 4.69) is 46.0 Å². The second kappa shape index (κ2) is 12.6. The second-order valence-electron chi connectivity index (χ2n) is 13.7. The molecule has 0 saturated carbocycles. The largest absolute Gasteiger partial charge is 0.462 e. The van der Waals surface area contributed by atoms with Crippen LogP contribution >= 0.6 is 11.6 Å². The minimum absolute atomic E-state index is 0.163. The fourth-order valence-corrected chi connectivity index (χ4v) is 8.35. The van der Waals surface area contributed by atoms with Crippen LogP contribution in [-0.2, 0) is 27.3 Å². The Bertz CT molecular complexity index is 1610. The van der Waals surface area contributed by atoms with E-state index in [1.165, 1.54) is 0 Å². The van der Waals surface area contributed by atoms with Crippen LogP contribution in [0.5, 0.6) is 6.01 Å². The molecule has 2 aromatic carbocycles. The zero-order chi connectivity index (χ0) is 31.1. The predicted octanol–water partition coefficient (Wildman–Crippen LogP) is 5.68. The normalized spacial score (nSPS) is 21.6. The smallest absolute Gasteiger partial charge is 0.318 e. The van der Waals surface area contributed by atoms with E-state index in [0.717, 1.165) is 83.9 Å². The SMILES string of the molecule is CN1CCC[C@H]1COc1nc2c(c(N3CCCC(S(=O)(=O)OCC(C)(C)C)C3)n1)CCN(c1cccc3cccc(Cl)c13)C2. The van der Waals surface area contributed by atoms with Crippen molar-refractivity contribution in [2.24, 2.45) is 5.41 Å². The third-order valence-corrected chi connectivity index (χ3v) is 11.0. The summed E-state index contributed by atoms with van der Waals surface area (Å²) < 4.78 is 38.3. The number of likely N-dealkylation sites (tertiary alicyclic amines) is 1. The topological polar surface area (TPSA) is 88.1 Å². The standard InChI is InChI=1S/C33H44ClN5O4S/c1-33(2,3)22-43-44(40,41)25-12-8-17-39(19-25)31-26-15-18-38(29-14-6-10-23-9-5-13-27(34)30(23)29)20-28(26)35-32(36-31)42-21-24-11-7-16-37(24)4/h5-6,9-10,13-14,24-25H,7-8,11-12,15-22H2,1-4H3/t24-,25?/m0/s1. The van der Waals surface area contributed by atoms with Crippen molar-refractivity contribution in [2.75, 3.05) is 56.2 Å². The van der Waals surface area contributed by atoms with Gasteiger partial charge in [0.05, 0.1) is 23.9 Å². The molecule has 1 aromatic heterocycles. The molecule has 3 aliphatic heterocycles. The average Bonchev–Trinajstić information content (AvgIpc) is 3.42. The molecule has 0 radical (unpaired) electrons. The molecule has 0 N–H and O–H groups in total. The molecule has 4 heterocycles. The first-order valence-corrected chi connectivity index (χ1v) is 17.6. The van der Waals surface area contributed by atoms with Crippen molar-refractivity contribution < 1.29 is 17.3 Å². The van der Waals surface area contributed by atoms with Crippen molar-refractivity contribution in [1.29, 1.82) is 0 Å².